The lowest BCUT2D eigenvalue weighted by Gasteiger charge is -2.10. The normalized spacial score (nSPS) is 11.0. The molecule has 32 heavy (non-hydrogen) atoms. The zero-order valence-electron chi connectivity index (χ0n) is 17.7. The smallest absolute Gasteiger partial charge is 0.251 e. The van der Waals surface area contributed by atoms with E-state index in [2.05, 4.69) is 20.6 Å². The molecule has 2 heterocycles. The lowest BCUT2D eigenvalue weighted by Crippen LogP contribution is -2.28. The molecule has 0 bridgehead atoms. The Labute approximate surface area is 184 Å². The molecule has 0 aliphatic carbocycles. The van der Waals surface area contributed by atoms with Gasteiger partial charge in [-0.3, -0.25) is 4.79 Å². The van der Waals surface area contributed by atoms with Crippen LogP contribution < -0.4 is 14.8 Å². The van der Waals surface area contributed by atoms with Gasteiger partial charge in [-0.25, -0.2) is 4.39 Å². The number of carbonyl (C=O) groups is 1. The molecule has 0 radical (unpaired) electrons. The van der Waals surface area contributed by atoms with E-state index in [0.717, 1.165) is 0 Å². The maximum atomic E-state index is 13.6. The second-order valence-corrected chi connectivity index (χ2v) is 7.27. The molecule has 0 saturated carbocycles. The monoisotopic (exact) mass is 435 g/mol. The fraction of sp³-hybridized carbons (Fsp3) is 0.217. The van der Waals surface area contributed by atoms with Gasteiger partial charge in [-0.1, -0.05) is 12.1 Å². The van der Waals surface area contributed by atoms with Crippen LogP contribution in [0, 0.1) is 5.82 Å². The van der Waals surface area contributed by atoms with Crippen molar-refractivity contribution in [3.8, 4) is 23.0 Å². The first-order chi connectivity index (χ1) is 15.5. The van der Waals surface area contributed by atoms with E-state index >= 15 is 0 Å². The van der Waals surface area contributed by atoms with Crippen molar-refractivity contribution in [2.24, 2.45) is 0 Å². The first-order valence-corrected chi connectivity index (χ1v) is 10.2. The fourth-order valence-corrected chi connectivity index (χ4v) is 3.04. The Bertz CT molecular complexity index is 1220. The summed E-state index contributed by atoms with van der Waals surface area (Å²) in [5, 5.41) is 15.3. The highest BCUT2D eigenvalue weighted by molar-refractivity contribution is 5.94. The van der Waals surface area contributed by atoms with E-state index in [1.54, 1.807) is 48.5 Å². The topological polar surface area (TPSA) is 90.6 Å². The molecule has 0 aliphatic rings. The molecule has 0 unspecified atom stereocenters. The zero-order valence-corrected chi connectivity index (χ0v) is 17.7. The van der Waals surface area contributed by atoms with Crippen LogP contribution in [0.5, 0.6) is 11.6 Å². The largest absolute Gasteiger partial charge is 0.491 e. The lowest BCUT2D eigenvalue weighted by atomic mass is 10.2. The van der Waals surface area contributed by atoms with E-state index in [9.17, 15) is 9.18 Å². The number of rotatable bonds is 8. The van der Waals surface area contributed by atoms with Crippen molar-refractivity contribution in [1.29, 1.82) is 0 Å². The highest BCUT2D eigenvalue weighted by atomic mass is 19.1. The minimum Gasteiger partial charge on any atom is -0.491 e. The number of ether oxygens (including phenoxy) is 2. The standard InChI is InChI=1S/C23H22FN5O3/c1-15(2)32-19-8-6-16(7-9-19)23(30)25-12-13-31-21-11-10-20-26-27-22(29(20)28-21)17-4-3-5-18(24)14-17/h3-11,14-15H,12-13H2,1-2H3,(H,25,30). The molecule has 8 nitrogen and oxygen atoms in total. The van der Waals surface area contributed by atoms with Gasteiger partial charge in [-0.05, 0) is 56.3 Å². The number of hydrogen-bond acceptors (Lipinski definition) is 6. The van der Waals surface area contributed by atoms with Gasteiger partial charge in [0.15, 0.2) is 11.5 Å². The number of halogens is 1. The Kier molecular flexibility index (Phi) is 6.25. The SMILES string of the molecule is CC(C)Oc1ccc(C(=O)NCCOc2ccc3nnc(-c4cccc(F)c4)n3n2)cc1. The predicted molar refractivity (Wildman–Crippen MR) is 116 cm³/mol. The quantitative estimate of drug-likeness (QED) is 0.426. The second kappa shape index (κ2) is 9.42. The van der Waals surface area contributed by atoms with E-state index in [4.69, 9.17) is 9.47 Å². The van der Waals surface area contributed by atoms with Gasteiger partial charge >= 0.3 is 0 Å². The summed E-state index contributed by atoms with van der Waals surface area (Å²) in [5.41, 5.74) is 1.60. The number of benzene rings is 2. The Morgan fingerprint density at radius 1 is 1.09 bits per heavy atom. The average molecular weight is 435 g/mol. The zero-order chi connectivity index (χ0) is 22.5. The van der Waals surface area contributed by atoms with Crippen molar-refractivity contribution in [2.45, 2.75) is 20.0 Å². The van der Waals surface area contributed by atoms with Crippen LogP contribution >= 0.6 is 0 Å². The fourth-order valence-electron chi connectivity index (χ4n) is 3.04. The van der Waals surface area contributed by atoms with E-state index in [0.29, 0.717) is 40.8 Å². The molecule has 1 N–H and O–H groups in total. The van der Waals surface area contributed by atoms with Crippen molar-refractivity contribution in [3.05, 3.63) is 72.0 Å². The van der Waals surface area contributed by atoms with Crippen LogP contribution in [0.25, 0.3) is 17.0 Å². The minimum absolute atomic E-state index is 0.0719. The van der Waals surface area contributed by atoms with Gasteiger partial charge in [-0.15, -0.1) is 15.3 Å². The Morgan fingerprint density at radius 3 is 2.66 bits per heavy atom. The molecule has 0 fully saturated rings. The van der Waals surface area contributed by atoms with Gasteiger partial charge in [-0.2, -0.15) is 4.52 Å². The molecule has 164 valence electrons. The van der Waals surface area contributed by atoms with Crippen molar-refractivity contribution in [3.63, 3.8) is 0 Å². The predicted octanol–water partition coefficient (Wildman–Crippen LogP) is 3.53. The van der Waals surface area contributed by atoms with E-state index in [1.807, 2.05) is 13.8 Å². The molecule has 9 heteroatoms. The molecule has 0 saturated heterocycles. The van der Waals surface area contributed by atoms with Crippen LogP contribution in [0.4, 0.5) is 4.39 Å². The van der Waals surface area contributed by atoms with Gasteiger partial charge in [0.2, 0.25) is 5.88 Å². The summed E-state index contributed by atoms with van der Waals surface area (Å²) < 4.78 is 26.3. The number of fused-ring (bicyclic) bond motifs is 1. The van der Waals surface area contributed by atoms with Gasteiger partial charge in [0.25, 0.3) is 5.91 Å². The third kappa shape index (κ3) is 5.00. The van der Waals surface area contributed by atoms with Gasteiger partial charge in [0.05, 0.1) is 12.6 Å². The summed E-state index contributed by atoms with van der Waals surface area (Å²) in [5.74, 6) is 0.875. The third-order valence-corrected chi connectivity index (χ3v) is 4.45. The maximum Gasteiger partial charge on any atom is 0.251 e. The summed E-state index contributed by atoms with van der Waals surface area (Å²) in [4.78, 5) is 12.3. The number of nitrogens with one attached hydrogen (secondary N) is 1. The third-order valence-electron chi connectivity index (χ3n) is 4.45. The first kappa shape index (κ1) is 21.2. The van der Waals surface area contributed by atoms with E-state index < -0.39 is 0 Å². The summed E-state index contributed by atoms with van der Waals surface area (Å²) in [6.07, 6.45) is 0.0719. The van der Waals surface area contributed by atoms with Crippen LogP contribution in [0.3, 0.4) is 0 Å². The molecule has 2 aromatic heterocycles. The first-order valence-electron chi connectivity index (χ1n) is 10.2. The van der Waals surface area contributed by atoms with Gasteiger partial charge < -0.3 is 14.8 Å². The molecular weight excluding hydrogens is 413 g/mol. The number of carbonyl (C=O) groups excluding carboxylic acids is 1. The van der Waals surface area contributed by atoms with Gasteiger partial charge in [0, 0.05) is 17.2 Å². The summed E-state index contributed by atoms with van der Waals surface area (Å²) in [7, 11) is 0. The summed E-state index contributed by atoms with van der Waals surface area (Å²) in [6, 6.07) is 16.4. The van der Waals surface area contributed by atoms with Crippen molar-refractivity contribution in [2.75, 3.05) is 13.2 Å². The molecule has 2 aromatic carbocycles. The molecule has 0 atom stereocenters. The number of amides is 1. The maximum absolute atomic E-state index is 13.6. The van der Waals surface area contributed by atoms with Crippen molar-refractivity contribution >= 4 is 11.6 Å². The van der Waals surface area contributed by atoms with Crippen LogP contribution in [0.1, 0.15) is 24.2 Å². The summed E-state index contributed by atoms with van der Waals surface area (Å²) in [6.45, 7) is 4.40. The molecular formula is C23H22FN5O3. The van der Waals surface area contributed by atoms with E-state index in [-0.39, 0.29) is 24.4 Å². The van der Waals surface area contributed by atoms with E-state index in [1.165, 1.54) is 16.6 Å². The molecule has 0 aliphatic heterocycles. The molecule has 1 amide bonds. The number of nitrogens with zero attached hydrogens (tertiary/aromatic N) is 4. The minimum atomic E-state index is -0.371. The van der Waals surface area contributed by atoms with Crippen LogP contribution in [0.15, 0.2) is 60.7 Å². The number of aromatic nitrogens is 4. The summed E-state index contributed by atoms with van der Waals surface area (Å²) >= 11 is 0. The van der Waals surface area contributed by atoms with Crippen LogP contribution in [-0.2, 0) is 0 Å². The Balaban J connectivity index is 1.34. The highest BCUT2D eigenvalue weighted by Gasteiger charge is 2.11. The highest BCUT2D eigenvalue weighted by Crippen LogP contribution is 2.20. The molecule has 4 aromatic rings. The van der Waals surface area contributed by atoms with Crippen LogP contribution in [0.2, 0.25) is 0 Å². The molecule has 0 spiro atoms. The van der Waals surface area contributed by atoms with Gasteiger partial charge in [0.1, 0.15) is 18.2 Å². The Hall–Kier alpha value is -4.01. The average Bonchev–Trinajstić information content (AvgIpc) is 3.20. The molecule has 4 rings (SSSR count). The van der Waals surface area contributed by atoms with Crippen molar-refractivity contribution < 1.29 is 18.7 Å². The lowest BCUT2D eigenvalue weighted by molar-refractivity contribution is 0.0946. The second-order valence-electron chi connectivity index (χ2n) is 7.27. The Morgan fingerprint density at radius 2 is 1.91 bits per heavy atom. The van der Waals surface area contributed by atoms with Crippen molar-refractivity contribution in [1.82, 2.24) is 25.1 Å². The number of hydrogen-bond donors (Lipinski definition) is 1. The van der Waals surface area contributed by atoms with Crippen LogP contribution in [-0.4, -0.2) is 45.0 Å².